The smallest absolute Gasteiger partial charge is 0.261 e. The monoisotopic (exact) mass is 522 g/mol. The highest BCUT2D eigenvalue weighted by Gasteiger charge is 2.34. The molecule has 2 amide bonds. The summed E-state index contributed by atoms with van der Waals surface area (Å²) in [7, 11) is 1.71. The third kappa shape index (κ3) is 6.19. The van der Waals surface area contributed by atoms with Gasteiger partial charge in [-0.2, -0.15) is 0 Å². The normalized spacial score (nSPS) is 13.0. The van der Waals surface area contributed by atoms with E-state index >= 15 is 0 Å². The number of rotatable bonds is 9. The van der Waals surface area contributed by atoms with E-state index in [1.54, 1.807) is 31.3 Å². The summed E-state index contributed by atoms with van der Waals surface area (Å²) in [5.41, 5.74) is 0.996. The van der Waals surface area contributed by atoms with Crippen molar-refractivity contribution in [1.82, 2.24) is 15.5 Å². The molecule has 0 saturated heterocycles. The number of fused-ring (bicyclic) bond motifs is 1. The van der Waals surface area contributed by atoms with Crippen LogP contribution >= 0.6 is 24.0 Å². The van der Waals surface area contributed by atoms with Gasteiger partial charge in [0, 0.05) is 20.1 Å². The molecule has 7 nitrogen and oxygen atoms in total. The molecule has 0 spiro atoms. The Morgan fingerprint density at radius 1 is 0.900 bits per heavy atom. The molecule has 3 rings (SSSR count). The lowest BCUT2D eigenvalue weighted by Gasteiger charge is -2.15. The first-order chi connectivity index (χ1) is 14.2. The second kappa shape index (κ2) is 12.2. The van der Waals surface area contributed by atoms with Crippen molar-refractivity contribution in [2.75, 3.05) is 33.3 Å². The second-order valence-electron chi connectivity index (χ2n) is 6.60. The van der Waals surface area contributed by atoms with E-state index in [2.05, 4.69) is 15.6 Å². The molecule has 2 N–H and O–H groups in total. The number of benzene rings is 2. The molecule has 0 aliphatic carbocycles. The Labute approximate surface area is 193 Å². The fourth-order valence-corrected chi connectivity index (χ4v) is 3.12. The third-order valence-corrected chi connectivity index (χ3v) is 4.61. The lowest BCUT2D eigenvalue weighted by Crippen LogP contribution is -2.40. The summed E-state index contributed by atoms with van der Waals surface area (Å²) in [5, 5.41) is 6.42. The largest absolute Gasteiger partial charge is 0.492 e. The Bertz CT molecular complexity index is 839. The van der Waals surface area contributed by atoms with Crippen molar-refractivity contribution in [3.63, 3.8) is 0 Å². The van der Waals surface area contributed by atoms with Gasteiger partial charge in [0.25, 0.3) is 11.8 Å². The van der Waals surface area contributed by atoms with Gasteiger partial charge in [0.05, 0.1) is 17.7 Å². The number of carbonyl (C=O) groups excluding carboxylic acids is 2. The quantitative estimate of drug-likeness (QED) is 0.174. The number of halogens is 1. The number of imide groups is 1. The highest BCUT2D eigenvalue weighted by atomic mass is 127. The topological polar surface area (TPSA) is 83.0 Å². The molecule has 0 unspecified atom stereocenters. The minimum absolute atomic E-state index is 0. The summed E-state index contributed by atoms with van der Waals surface area (Å²) in [6, 6.07) is 16.6. The summed E-state index contributed by atoms with van der Waals surface area (Å²) in [4.78, 5) is 30.2. The molecular weight excluding hydrogens is 495 g/mol. The van der Waals surface area contributed by atoms with E-state index in [0.29, 0.717) is 43.3 Å². The van der Waals surface area contributed by atoms with Gasteiger partial charge in [-0.15, -0.1) is 24.0 Å². The minimum Gasteiger partial charge on any atom is -0.492 e. The number of nitrogens with zero attached hydrogens (tertiary/aromatic N) is 2. The van der Waals surface area contributed by atoms with Crippen LogP contribution in [0.5, 0.6) is 5.75 Å². The van der Waals surface area contributed by atoms with E-state index < -0.39 is 0 Å². The van der Waals surface area contributed by atoms with Crippen LogP contribution in [0.4, 0.5) is 0 Å². The molecule has 0 aromatic heterocycles. The minimum atomic E-state index is -0.200. The summed E-state index contributed by atoms with van der Waals surface area (Å²) in [6.45, 7) is 2.28. The summed E-state index contributed by atoms with van der Waals surface area (Å²) < 4.78 is 5.63. The molecule has 2 aromatic carbocycles. The number of aliphatic imine (C=N–C) groups is 1. The first-order valence-electron chi connectivity index (χ1n) is 9.78. The average molecular weight is 522 g/mol. The maximum absolute atomic E-state index is 12.3. The van der Waals surface area contributed by atoms with Gasteiger partial charge in [-0.25, -0.2) is 0 Å². The molecule has 8 heteroatoms. The van der Waals surface area contributed by atoms with Crippen LogP contribution in [0.2, 0.25) is 0 Å². The van der Waals surface area contributed by atoms with E-state index in [0.717, 1.165) is 18.6 Å². The standard InChI is InChI=1S/C22H26N4O3.HI/c1-23-22(25-14-16-29-17-9-3-2-4-10-17)24-13-7-8-15-26-20(27)18-11-5-6-12-19(18)21(26)28;/h2-6,9-12H,7-8,13-16H2,1H3,(H2,23,24,25);1H. The molecule has 0 saturated carbocycles. The van der Waals surface area contributed by atoms with Gasteiger partial charge in [-0.3, -0.25) is 19.5 Å². The number of ether oxygens (including phenoxy) is 1. The predicted octanol–water partition coefficient (Wildman–Crippen LogP) is 2.92. The molecule has 30 heavy (non-hydrogen) atoms. The van der Waals surface area contributed by atoms with E-state index in [-0.39, 0.29) is 35.8 Å². The van der Waals surface area contributed by atoms with E-state index in [1.807, 2.05) is 30.3 Å². The van der Waals surface area contributed by atoms with E-state index in [9.17, 15) is 9.59 Å². The van der Waals surface area contributed by atoms with Crippen LogP contribution in [0.1, 0.15) is 33.6 Å². The fourth-order valence-electron chi connectivity index (χ4n) is 3.12. The predicted molar refractivity (Wildman–Crippen MR) is 128 cm³/mol. The number of hydrogen-bond donors (Lipinski definition) is 2. The third-order valence-electron chi connectivity index (χ3n) is 4.61. The zero-order valence-electron chi connectivity index (χ0n) is 17.0. The van der Waals surface area contributed by atoms with Crippen LogP contribution in [-0.2, 0) is 0 Å². The Hall–Kier alpha value is -2.62. The lowest BCUT2D eigenvalue weighted by atomic mass is 10.1. The molecule has 1 aliphatic heterocycles. The van der Waals surface area contributed by atoms with Gasteiger partial charge in [0.15, 0.2) is 5.96 Å². The van der Waals surface area contributed by atoms with Crippen molar-refractivity contribution in [3.8, 4) is 5.75 Å². The van der Waals surface area contributed by atoms with E-state index in [4.69, 9.17) is 4.74 Å². The number of carbonyl (C=O) groups is 2. The highest BCUT2D eigenvalue weighted by molar-refractivity contribution is 14.0. The molecule has 0 bridgehead atoms. The van der Waals surface area contributed by atoms with Crippen LogP contribution in [-0.4, -0.2) is 56.0 Å². The van der Waals surface area contributed by atoms with Gasteiger partial charge < -0.3 is 15.4 Å². The zero-order valence-corrected chi connectivity index (χ0v) is 19.3. The molecule has 1 aliphatic rings. The first kappa shape index (κ1) is 23.7. The highest BCUT2D eigenvalue weighted by Crippen LogP contribution is 2.22. The van der Waals surface area contributed by atoms with Crippen LogP contribution in [0.25, 0.3) is 0 Å². The van der Waals surface area contributed by atoms with Crippen molar-refractivity contribution < 1.29 is 14.3 Å². The van der Waals surface area contributed by atoms with E-state index in [1.165, 1.54) is 4.90 Å². The van der Waals surface area contributed by atoms with Crippen LogP contribution in [0.3, 0.4) is 0 Å². The van der Waals surface area contributed by atoms with Gasteiger partial charge in [0.2, 0.25) is 0 Å². The van der Waals surface area contributed by atoms with Crippen LogP contribution < -0.4 is 15.4 Å². The second-order valence-corrected chi connectivity index (χ2v) is 6.60. The van der Waals surface area contributed by atoms with Crippen molar-refractivity contribution in [2.45, 2.75) is 12.8 Å². The Morgan fingerprint density at radius 2 is 1.50 bits per heavy atom. The summed E-state index contributed by atoms with van der Waals surface area (Å²) >= 11 is 0. The maximum atomic E-state index is 12.3. The maximum Gasteiger partial charge on any atom is 0.261 e. The number of para-hydroxylation sites is 1. The SMILES string of the molecule is CN=C(NCCCCN1C(=O)c2ccccc2C1=O)NCCOc1ccccc1.I. The molecular formula is C22H27IN4O3. The number of guanidine groups is 1. The zero-order chi connectivity index (χ0) is 20.5. The van der Waals surface area contributed by atoms with Crippen LogP contribution in [0.15, 0.2) is 59.6 Å². The Morgan fingerprint density at radius 3 is 2.13 bits per heavy atom. The number of hydrogen-bond acceptors (Lipinski definition) is 4. The summed E-state index contributed by atoms with van der Waals surface area (Å²) in [6.07, 6.45) is 1.54. The molecule has 1 heterocycles. The fraction of sp³-hybridized carbons (Fsp3) is 0.318. The number of unbranched alkanes of at least 4 members (excludes halogenated alkanes) is 1. The van der Waals surface area contributed by atoms with Gasteiger partial charge in [-0.1, -0.05) is 30.3 Å². The molecule has 160 valence electrons. The van der Waals surface area contributed by atoms with Crippen molar-refractivity contribution >= 4 is 41.8 Å². The van der Waals surface area contributed by atoms with Crippen LogP contribution in [0, 0.1) is 0 Å². The van der Waals surface area contributed by atoms with Crippen molar-refractivity contribution in [1.29, 1.82) is 0 Å². The molecule has 0 radical (unpaired) electrons. The lowest BCUT2D eigenvalue weighted by molar-refractivity contribution is 0.0652. The molecule has 2 aromatic rings. The van der Waals surface area contributed by atoms with Gasteiger partial charge in [-0.05, 0) is 37.1 Å². The summed E-state index contributed by atoms with van der Waals surface area (Å²) in [5.74, 6) is 1.14. The van der Waals surface area contributed by atoms with Crippen molar-refractivity contribution in [3.05, 3.63) is 65.7 Å². The van der Waals surface area contributed by atoms with Gasteiger partial charge in [0.1, 0.15) is 12.4 Å². The Balaban J connectivity index is 0.00000320. The number of amides is 2. The molecule has 0 atom stereocenters. The van der Waals surface area contributed by atoms with Gasteiger partial charge >= 0.3 is 0 Å². The Kier molecular flexibility index (Phi) is 9.59. The first-order valence-corrected chi connectivity index (χ1v) is 9.78. The average Bonchev–Trinajstić information content (AvgIpc) is 3.00. The van der Waals surface area contributed by atoms with Crippen molar-refractivity contribution in [2.24, 2.45) is 4.99 Å². The number of nitrogens with one attached hydrogen (secondary N) is 2. The molecule has 0 fully saturated rings.